The van der Waals surface area contributed by atoms with Crippen LogP contribution in [0.3, 0.4) is 0 Å². The molecule has 0 amide bonds. The molecule has 2 aromatic rings. The highest BCUT2D eigenvalue weighted by molar-refractivity contribution is 6.30. The highest BCUT2D eigenvalue weighted by Gasteiger charge is 2.21. The van der Waals surface area contributed by atoms with Crippen molar-refractivity contribution in [2.24, 2.45) is 0 Å². The SMILES string of the molecule is Cc1c(Cl)nc(C(C)(C)C)nc1OCc1ccccc1F. The molecule has 2 rings (SSSR count). The second kappa shape index (κ2) is 5.98. The molecule has 0 bridgehead atoms. The fourth-order valence-corrected chi connectivity index (χ4v) is 1.87. The zero-order valence-electron chi connectivity index (χ0n) is 12.6. The van der Waals surface area contributed by atoms with Gasteiger partial charge in [0, 0.05) is 16.5 Å². The first-order valence-electron chi connectivity index (χ1n) is 6.70. The number of halogens is 2. The van der Waals surface area contributed by atoms with Crippen molar-refractivity contribution in [2.45, 2.75) is 39.7 Å². The van der Waals surface area contributed by atoms with Crippen molar-refractivity contribution in [3.63, 3.8) is 0 Å². The second-order valence-corrected chi connectivity index (χ2v) is 6.26. The van der Waals surface area contributed by atoms with Gasteiger partial charge >= 0.3 is 0 Å². The standard InChI is InChI=1S/C16H18ClFN2O/c1-10-13(17)19-15(16(2,3)4)20-14(10)21-9-11-7-5-6-8-12(11)18/h5-8H,9H2,1-4H3. The molecule has 0 saturated carbocycles. The summed E-state index contributed by atoms with van der Waals surface area (Å²) in [6.45, 7) is 7.87. The van der Waals surface area contributed by atoms with Crippen LogP contribution in [-0.2, 0) is 12.0 Å². The Morgan fingerprint density at radius 1 is 1.19 bits per heavy atom. The van der Waals surface area contributed by atoms with Gasteiger partial charge in [0.25, 0.3) is 0 Å². The van der Waals surface area contributed by atoms with Crippen LogP contribution in [0.4, 0.5) is 4.39 Å². The lowest BCUT2D eigenvalue weighted by Crippen LogP contribution is -2.17. The minimum absolute atomic E-state index is 0.102. The third-order valence-corrected chi connectivity index (χ3v) is 3.40. The zero-order chi connectivity index (χ0) is 15.6. The fourth-order valence-electron chi connectivity index (χ4n) is 1.71. The Bertz CT molecular complexity index is 653. The lowest BCUT2D eigenvalue weighted by molar-refractivity contribution is 0.282. The Hall–Kier alpha value is -1.68. The Morgan fingerprint density at radius 3 is 2.48 bits per heavy atom. The van der Waals surface area contributed by atoms with Gasteiger partial charge in [0.05, 0.1) is 0 Å². The molecule has 1 aromatic carbocycles. The smallest absolute Gasteiger partial charge is 0.221 e. The van der Waals surface area contributed by atoms with E-state index in [9.17, 15) is 4.39 Å². The molecular weight excluding hydrogens is 291 g/mol. The number of hydrogen-bond acceptors (Lipinski definition) is 3. The van der Waals surface area contributed by atoms with Gasteiger partial charge in [-0.25, -0.2) is 9.37 Å². The van der Waals surface area contributed by atoms with Gasteiger partial charge in [0.1, 0.15) is 23.4 Å². The summed E-state index contributed by atoms with van der Waals surface area (Å²) in [5, 5.41) is 0.360. The largest absolute Gasteiger partial charge is 0.472 e. The Morgan fingerprint density at radius 2 is 1.86 bits per heavy atom. The number of ether oxygens (including phenoxy) is 1. The predicted octanol–water partition coefficient (Wildman–Crippen LogP) is 4.45. The first kappa shape index (κ1) is 15.7. The maximum atomic E-state index is 13.6. The summed E-state index contributed by atoms with van der Waals surface area (Å²) < 4.78 is 19.2. The van der Waals surface area contributed by atoms with E-state index in [1.807, 2.05) is 20.8 Å². The van der Waals surface area contributed by atoms with Crippen LogP contribution < -0.4 is 4.74 Å². The Balaban J connectivity index is 2.28. The molecule has 21 heavy (non-hydrogen) atoms. The van der Waals surface area contributed by atoms with Crippen LogP contribution >= 0.6 is 11.6 Å². The van der Waals surface area contributed by atoms with E-state index in [0.717, 1.165) is 0 Å². The fraction of sp³-hybridized carbons (Fsp3) is 0.375. The van der Waals surface area contributed by atoms with Gasteiger partial charge in [0.2, 0.25) is 5.88 Å². The molecule has 0 aliphatic rings. The number of hydrogen-bond donors (Lipinski definition) is 0. The summed E-state index contributed by atoms with van der Waals surface area (Å²) in [7, 11) is 0. The predicted molar refractivity (Wildman–Crippen MR) is 81.2 cm³/mol. The van der Waals surface area contributed by atoms with Crippen LogP contribution in [0.2, 0.25) is 5.15 Å². The monoisotopic (exact) mass is 308 g/mol. The summed E-state index contributed by atoms with van der Waals surface area (Å²) in [6.07, 6.45) is 0. The topological polar surface area (TPSA) is 35.0 Å². The van der Waals surface area contributed by atoms with Crippen molar-refractivity contribution in [1.82, 2.24) is 9.97 Å². The molecule has 1 heterocycles. The van der Waals surface area contributed by atoms with Crippen LogP contribution in [0.1, 0.15) is 37.7 Å². The minimum atomic E-state index is -0.300. The van der Waals surface area contributed by atoms with Gasteiger partial charge in [0.15, 0.2) is 0 Å². The molecule has 0 aliphatic carbocycles. The third-order valence-electron chi connectivity index (χ3n) is 3.03. The van der Waals surface area contributed by atoms with Gasteiger partial charge in [-0.2, -0.15) is 4.98 Å². The summed E-state index contributed by atoms with van der Waals surface area (Å²) in [5.74, 6) is 0.691. The average molecular weight is 309 g/mol. The molecule has 0 spiro atoms. The van der Waals surface area contributed by atoms with Gasteiger partial charge in [-0.05, 0) is 13.0 Å². The van der Waals surface area contributed by atoms with E-state index in [4.69, 9.17) is 16.3 Å². The molecule has 0 radical (unpaired) electrons. The Labute approximate surface area is 129 Å². The van der Waals surface area contributed by atoms with Crippen LogP contribution in [0.25, 0.3) is 0 Å². The van der Waals surface area contributed by atoms with E-state index in [1.54, 1.807) is 25.1 Å². The van der Waals surface area contributed by atoms with Crippen LogP contribution in [0.5, 0.6) is 5.88 Å². The van der Waals surface area contributed by atoms with E-state index in [0.29, 0.717) is 28.0 Å². The van der Waals surface area contributed by atoms with Crippen molar-refractivity contribution >= 4 is 11.6 Å². The number of aromatic nitrogens is 2. The lowest BCUT2D eigenvalue weighted by atomic mass is 9.96. The molecule has 3 nitrogen and oxygen atoms in total. The van der Waals surface area contributed by atoms with E-state index in [2.05, 4.69) is 9.97 Å². The van der Waals surface area contributed by atoms with Crippen molar-refractivity contribution in [3.8, 4) is 5.88 Å². The second-order valence-electron chi connectivity index (χ2n) is 5.90. The maximum absolute atomic E-state index is 13.6. The zero-order valence-corrected chi connectivity index (χ0v) is 13.3. The third kappa shape index (κ3) is 3.70. The molecule has 0 N–H and O–H groups in total. The van der Waals surface area contributed by atoms with E-state index in [-0.39, 0.29) is 17.8 Å². The highest BCUT2D eigenvalue weighted by atomic mass is 35.5. The molecule has 0 fully saturated rings. The Kier molecular flexibility index (Phi) is 4.47. The molecule has 0 saturated heterocycles. The van der Waals surface area contributed by atoms with Crippen LogP contribution in [-0.4, -0.2) is 9.97 Å². The highest BCUT2D eigenvalue weighted by Crippen LogP contribution is 2.28. The first-order chi connectivity index (χ1) is 9.79. The minimum Gasteiger partial charge on any atom is -0.472 e. The summed E-state index contributed by atoms with van der Waals surface area (Å²) in [5.41, 5.74) is 0.887. The summed E-state index contributed by atoms with van der Waals surface area (Å²) >= 11 is 6.13. The van der Waals surface area contributed by atoms with E-state index in [1.165, 1.54) is 6.07 Å². The van der Waals surface area contributed by atoms with Crippen molar-refractivity contribution in [3.05, 3.63) is 52.2 Å². The van der Waals surface area contributed by atoms with Crippen LogP contribution in [0, 0.1) is 12.7 Å². The molecule has 112 valence electrons. The van der Waals surface area contributed by atoms with E-state index < -0.39 is 0 Å². The normalized spacial score (nSPS) is 11.5. The van der Waals surface area contributed by atoms with E-state index >= 15 is 0 Å². The number of benzene rings is 1. The van der Waals surface area contributed by atoms with Gasteiger partial charge in [-0.15, -0.1) is 0 Å². The van der Waals surface area contributed by atoms with Crippen molar-refractivity contribution in [2.75, 3.05) is 0 Å². The molecule has 0 aliphatic heterocycles. The molecule has 0 atom stereocenters. The van der Waals surface area contributed by atoms with Crippen LogP contribution in [0.15, 0.2) is 24.3 Å². The molecule has 5 heteroatoms. The maximum Gasteiger partial charge on any atom is 0.221 e. The quantitative estimate of drug-likeness (QED) is 0.786. The first-order valence-corrected chi connectivity index (χ1v) is 7.07. The molecule has 1 aromatic heterocycles. The molecular formula is C16H18ClFN2O. The summed E-state index contributed by atoms with van der Waals surface area (Å²) in [4.78, 5) is 8.69. The molecule has 0 unspecified atom stereocenters. The van der Waals surface area contributed by atoms with Crippen molar-refractivity contribution < 1.29 is 9.13 Å². The van der Waals surface area contributed by atoms with Gasteiger partial charge in [-0.1, -0.05) is 50.6 Å². The summed E-state index contributed by atoms with van der Waals surface area (Å²) in [6, 6.07) is 6.49. The lowest BCUT2D eigenvalue weighted by Gasteiger charge is -2.19. The number of nitrogens with zero attached hydrogens (tertiary/aromatic N) is 2. The van der Waals surface area contributed by atoms with Crippen molar-refractivity contribution in [1.29, 1.82) is 0 Å². The number of rotatable bonds is 3. The average Bonchev–Trinajstić information content (AvgIpc) is 2.40. The van der Waals surface area contributed by atoms with Gasteiger partial charge in [-0.3, -0.25) is 0 Å². The van der Waals surface area contributed by atoms with Gasteiger partial charge < -0.3 is 4.74 Å².